The molecule has 0 aliphatic rings. The predicted molar refractivity (Wildman–Crippen MR) is 58.8 cm³/mol. The summed E-state index contributed by atoms with van der Waals surface area (Å²) >= 11 is 5.86. The zero-order valence-corrected chi connectivity index (χ0v) is 9.04. The van der Waals surface area contributed by atoms with Crippen molar-refractivity contribution in [1.82, 2.24) is 0 Å². The van der Waals surface area contributed by atoms with Crippen molar-refractivity contribution in [2.75, 3.05) is 6.61 Å². The van der Waals surface area contributed by atoms with Crippen molar-refractivity contribution in [1.29, 1.82) is 0 Å². The fourth-order valence-electron chi connectivity index (χ4n) is 1.17. The molecule has 0 atom stereocenters. The summed E-state index contributed by atoms with van der Waals surface area (Å²) in [5, 5.41) is 9.79. The molecule has 0 spiro atoms. The van der Waals surface area contributed by atoms with Gasteiger partial charge >= 0.3 is 0 Å². The molecule has 4 heteroatoms. The molecule has 0 saturated heterocycles. The normalized spacial score (nSPS) is 9.73. The maximum Gasteiger partial charge on any atom is 0.167 e. The number of ether oxygens (including phenoxy) is 1. The smallest absolute Gasteiger partial charge is 0.167 e. The SMILES string of the molecule is C=CCOc1c(Cl)ccc(O)c1C(C)=O. The van der Waals surface area contributed by atoms with E-state index < -0.39 is 0 Å². The number of carbonyl (C=O) groups is 1. The lowest BCUT2D eigenvalue weighted by atomic mass is 10.1. The summed E-state index contributed by atoms with van der Waals surface area (Å²) in [6, 6.07) is 2.83. The second-order valence-corrected chi connectivity index (χ2v) is 3.33. The van der Waals surface area contributed by atoms with Gasteiger partial charge in [-0.05, 0) is 19.1 Å². The summed E-state index contributed by atoms with van der Waals surface area (Å²) < 4.78 is 5.23. The lowest BCUT2D eigenvalue weighted by molar-refractivity contribution is 0.101. The van der Waals surface area contributed by atoms with Crippen LogP contribution in [0.4, 0.5) is 0 Å². The summed E-state index contributed by atoms with van der Waals surface area (Å²) in [5.41, 5.74) is 0.101. The number of phenolic OH excluding ortho intramolecular Hbond substituents is 1. The zero-order chi connectivity index (χ0) is 11.4. The molecule has 0 fully saturated rings. The highest BCUT2D eigenvalue weighted by atomic mass is 35.5. The molecule has 0 heterocycles. The van der Waals surface area contributed by atoms with E-state index in [1.54, 1.807) is 0 Å². The van der Waals surface area contributed by atoms with E-state index in [0.29, 0.717) is 5.02 Å². The van der Waals surface area contributed by atoms with Crippen LogP contribution in [0, 0.1) is 0 Å². The summed E-state index contributed by atoms with van der Waals surface area (Å²) in [6.45, 7) is 5.05. The fraction of sp³-hybridized carbons (Fsp3) is 0.182. The summed E-state index contributed by atoms with van der Waals surface area (Å²) in [5.74, 6) is -0.232. The van der Waals surface area contributed by atoms with Crippen molar-refractivity contribution < 1.29 is 14.6 Å². The van der Waals surface area contributed by atoms with Crippen LogP contribution in [-0.2, 0) is 0 Å². The topological polar surface area (TPSA) is 46.5 Å². The second kappa shape index (κ2) is 4.84. The van der Waals surface area contributed by atoms with Crippen molar-refractivity contribution in [3.05, 3.63) is 35.4 Å². The average Bonchev–Trinajstić information content (AvgIpc) is 2.18. The standard InChI is InChI=1S/C11H11ClO3/c1-3-6-15-11-8(12)4-5-9(14)10(11)7(2)13/h3-5,14H,1,6H2,2H3. The molecule has 0 saturated carbocycles. The molecule has 0 aromatic heterocycles. The Morgan fingerprint density at radius 3 is 2.87 bits per heavy atom. The van der Waals surface area contributed by atoms with Crippen LogP contribution >= 0.6 is 11.6 Å². The van der Waals surface area contributed by atoms with E-state index in [4.69, 9.17) is 16.3 Å². The van der Waals surface area contributed by atoms with Crippen molar-refractivity contribution in [2.24, 2.45) is 0 Å². The Kier molecular flexibility index (Phi) is 3.74. The van der Waals surface area contributed by atoms with Crippen LogP contribution in [-0.4, -0.2) is 17.5 Å². The van der Waals surface area contributed by atoms with Gasteiger partial charge in [0.05, 0.1) is 5.02 Å². The second-order valence-electron chi connectivity index (χ2n) is 2.93. The number of hydrogen-bond acceptors (Lipinski definition) is 3. The Bertz CT molecular complexity index is 399. The number of halogens is 1. The van der Waals surface area contributed by atoms with Gasteiger partial charge < -0.3 is 9.84 Å². The number of phenols is 1. The number of hydrogen-bond donors (Lipinski definition) is 1. The number of ketones is 1. The highest BCUT2D eigenvalue weighted by molar-refractivity contribution is 6.32. The third-order valence-electron chi connectivity index (χ3n) is 1.79. The minimum Gasteiger partial charge on any atom is -0.507 e. The Morgan fingerprint density at radius 1 is 1.67 bits per heavy atom. The molecule has 15 heavy (non-hydrogen) atoms. The molecular formula is C11H11ClO3. The number of Topliss-reactive ketones (excluding diaryl/α,β-unsaturated/α-hetero) is 1. The molecule has 1 N–H and O–H groups in total. The van der Waals surface area contributed by atoms with E-state index in [9.17, 15) is 9.90 Å². The van der Waals surface area contributed by atoms with Crippen molar-refractivity contribution in [3.63, 3.8) is 0 Å². The molecule has 0 amide bonds. The number of aromatic hydroxyl groups is 1. The van der Waals surface area contributed by atoms with Gasteiger partial charge in [-0.2, -0.15) is 0 Å². The molecule has 3 nitrogen and oxygen atoms in total. The van der Waals surface area contributed by atoms with Crippen LogP contribution in [0.15, 0.2) is 24.8 Å². The lowest BCUT2D eigenvalue weighted by Gasteiger charge is -2.11. The van der Waals surface area contributed by atoms with E-state index >= 15 is 0 Å². The molecule has 0 aliphatic carbocycles. The highest BCUT2D eigenvalue weighted by Gasteiger charge is 2.16. The van der Waals surface area contributed by atoms with E-state index in [1.807, 2.05) is 0 Å². The summed E-state index contributed by atoms with van der Waals surface area (Å²) in [4.78, 5) is 11.3. The summed E-state index contributed by atoms with van der Waals surface area (Å²) in [6.07, 6.45) is 1.53. The molecule has 0 radical (unpaired) electrons. The molecule has 0 unspecified atom stereocenters. The minimum atomic E-state index is -0.297. The lowest BCUT2D eigenvalue weighted by Crippen LogP contribution is -2.02. The van der Waals surface area contributed by atoms with Gasteiger partial charge in [0.25, 0.3) is 0 Å². The molecular weight excluding hydrogens is 216 g/mol. The highest BCUT2D eigenvalue weighted by Crippen LogP contribution is 2.35. The summed E-state index contributed by atoms with van der Waals surface area (Å²) in [7, 11) is 0. The van der Waals surface area contributed by atoms with Crippen molar-refractivity contribution in [3.8, 4) is 11.5 Å². The average molecular weight is 227 g/mol. The van der Waals surface area contributed by atoms with Crippen molar-refractivity contribution in [2.45, 2.75) is 6.92 Å². The first-order valence-electron chi connectivity index (χ1n) is 4.34. The van der Waals surface area contributed by atoms with E-state index in [0.717, 1.165) is 0 Å². The Balaban J connectivity index is 3.24. The number of benzene rings is 1. The van der Waals surface area contributed by atoms with Gasteiger partial charge in [-0.1, -0.05) is 24.3 Å². The van der Waals surface area contributed by atoms with Crippen LogP contribution in [0.1, 0.15) is 17.3 Å². The first-order chi connectivity index (χ1) is 7.07. The quantitative estimate of drug-likeness (QED) is 0.634. The first-order valence-corrected chi connectivity index (χ1v) is 4.71. The minimum absolute atomic E-state index is 0.101. The van der Waals surface area contributed by atoms with Crippen LogP contribution in [0.25, 0.3) is 0 Å². The largest absolute Gasteiger partial charge is 0.507 e. The first kappa shape index (κ1) is 11.6. The Labute approximate surface area is 92.9 Å². The van der Waals surface area contributed by atoms with Gasteiger partial charge in [-0.15, -0.1) is 0 Å². The zero-order valence-electron chi connectivity index (χ0n) is 8.29. The van der Waals surface area contributed by atoms with E-state index in [2.05, 4.69) is 6.58 Å². The van der Waals surface area contributed by atoms with Crippen LogP contribution in [0.2, 0.25) is 5.02 Å². The Hall–Kier alpha value is -1.48. The van der Waals surface area contributed by atoms with Gasteiger partial charge in [0.2, 0.25) is 0 Å². The molecule has 0 bridgehead atoms. The predicted octanol–water partition coefficient (Wildman–Crippen LogP) is 2.81. The van der Waals surface area contributed by atoms with Gasteiger partial charge in [0.1, 0.15) is 17.9 Å². The number of rotatable bonds is 4. The molecule has 1 aromatic carbocycles. The van der Waals surface area contributed by atoms with Crippen LogP contribution in [0.5, 0.6) is 11.5 Å². The number of carbonyl (C=O) groups excluding carboxylic acids is 1. The maximum atomic E-state index is 11.3. The van der Waals surface area contributed by atoms with Crippen LogP contribution < -0.4 is 4.74 Å². The van der Waals surface area contributed by atoms with Gasteiger partial charge in [0, 0.05) is 0 Å². The Morgan fingerprint density at radius 2 is 2.33 bits per heavy atom. The molecule has 80 valence electrons. The van der Waals surface area contributed by atoms with Gasteiger partial charge in [-0.3, -0.25) is 4.79 Å². The third-order valence-corrected chi connectivity index (χ3v) is 2.08. The monoisotopic (exact) mass is 226 g/mol. The van der Waals surface area contributed by atoms with E-state index in [-0.39, 0.29) is 29.5 Å². The molecule has 1 aromatic rings. The molecule has 0 aliphatic heterocycles. The third kappa shape index (κ3) is 2.50. The van der Waals surface area contributed by atoms with Gasteiger partial charge in [-0.25, -0.2) is 0 Å². The van der Waals surface area contributed by atoms with Crippen molar-refractivity contribution >= 4 is 17.4 Å². The van der Waals surface area contributed by atoms with E-state index in [1.165, 1.54) is 25.1 Å². The van der Waals surface area contributed by atoms with Gasteiger partial charge in [0.15, 0.2) is 11.5 Å². The fourth-order valence-corrected chi connectivity index (χ4v) is 1.38. The maximum absolute atomic E-state index is 11.3. The van der Waals surface area contributed by atoms with Crippen LogP contribution in [0.3, 0.4) is 0 Å². The molecule has 1 rings (SSSR count).